The Morgan fingerprint density at radius 3 is 2.74 bits per heavy atom. The van der Waals surface area contributed by atoms with Crippen LogP contribution in [0.2, 0.25) is 0 Å². The predicted molar refractivity (Wildman–Crippen MR) is 65.9 cm³/mol. The van der Waals surface area contributed by atoms with Crippen molar-refractivity contribution in [3.05, 3.63) is 35.9 Å². The molecule has 0 N–H and O–H groups in total. The lowest BCUT2D eigenvalue weighted by atomic mass is 10.1. The summed E-state index contributed by atoms with van der Waals surface area (Å²) in [5, 5.41) is 0. The minimum Gasteiger partial charge on any atom is -0.373 e. The summed E-state index contributed by atoms with van der Waals surface area (Å²) in [6.45, 7) is 0.413. The monoisotopic (exact) mass is 272 g/mol. The second kappa shape index (κ2) is 7.53. The average Bonchev–Trinajstić information content (AvgIpc) is 2.44. The number of rotatable bonds is 6. The normalized spacial score (nSPS) is 23.7. The Morgan fingerprint density at radius 2 is 2.00 bits per heavy atom. The molecule has 1 aromatic carbocycles. The topological polar surface area (TPSA) is 27.7 Å². The lowest BCUT2D eigenvalue weighted by Gasteiger charge is -2.29. The van der Waals surface area contributed by atoms with Crippen molar-refractivity contribution in [2.45, 2.75) is 38.3 Å². The minimum absolute atomic E-state index is 0.00312. The van der Waals surface area contributed by atoms with Crippen LogP contribution in [-0.2, 0) is 20.8 Å². The lowest BCUT2D eigenvalue weighted by Crippen LogP contribution is -2.33. The van der Waals surface area contributed by atoms with Gasteiger partial charge >= 0.3 is 0 Å². The minimum atomic E-state index is -2.46. The Hall–Kier alpha value is -1.04. The molecule has 0 radical (unpaired) electrons. The van der Waals surface area contributed by atoms with Crippen molar-refractivity contribution < 1.29 is 23.0 Å². The van der Waals surface area contributed by atoms with Crippen LogP contribution in [0.1, 0.15) is 18.4 Å². The smallest absolute Gasteiger partial charge is 0.261 e. The van der Waals surface area contributed by atoms with Crippen molar-refractivity contribution in [2.75, 3.05) is 13.2 Å². The van der Waals surface area contributed by atoms with E-state index in [1.165, 1.54) is 0 Å². The van der Waals surface area contributed by atoms with Crippen molar-refractivity contribution in [2.24, 2.45) is 0 Å². The van der Waals surface area contributed by atoms with Gasteiger partial charge in [0.05, 0.1) is 19.3 Å². The van der Waals surface area contributed by atoms with Crippen LogP contribution in [0, 0.1) is 0 Å². The van der Waals surface area contributed by atoms with Crippen LogP contribution in [0.3, 0.4) is 0 Å². The van der Waals surface area contributed by atoms with Crippen molar-refractivity contribution in [1.29, 1.82) is 0 Å². The Morgan fingerprint density at radius 1 is 1.21 bits per heavy atom. The summed E-state index contributed by atoms with van der Waals surface area (Å²) < 4.78 is 40.1. The number of hydrogen-bond donors (Lipinski definition) is 0. The highest BCUT2D eigenvalue weighted by Crippen LogP contribution is 2.19. The summed E-state index contributed by atoms with van der Waals surface area (Å²) in [6.07, 6.45) is -1.78. The zero-order valence-corrected chi connectivity index (χ0v) is 10.6. The van der Waals surface area contributed by atoms with Crippen molar-refractivity contribution in [3.8, 4) is 0 Å². The fourth-order valence-electron chi connectivity index (χ4n) is 1.97. The van der Waals surface area contributed by atoms with Gasteiger partial charge in [-0.25, -0.2) is 8.78 Å². The molecule has 0 aliphatic carbocycles. The van der Waals surface area contributed by atoms with E-state index in [-0.39, 0.29) is 6.10 Å². The molecular weight excluding hydrogens is 254 g/mol. The van der Waals surface area contributed by atoms with E-state index in [0.29, 0.717) is 19.6 Å². The highest BCUT2D eigenvalue weighted by Gasteiger charge is 2.24. The molecule has 19 heavy (non-hydrogen) atoms. The molecule has 1 aliphatic rings. The first-order chi connectivity index (χ1) is 9.24. The first-order valence-electron chi connectivity index (χ1n) is 6.41. The summed E-state index contributed by atoms with van der Waals surface area (Å²) in [4.78, 5) is 0. The van der Waals surface area contributed by atoms with E-state index < -0.39 is 19.3 Å². The molecule has 0 bridgehead atoms. The van der Waals surface area contributed by atoms with E-state index >= 15 is 0 Å². The van der Waals surface area contributed by atoms with Crippen LogP contribution < -0.4 is 0 Å². The third-order valence-corrected chi connectivity index (χ3v) is 2.94. The van der Waals surface area contributed by atoms with Gasteiger partial charge in [-0.15, -0.1) is 0 Å². The van der Waals surface area contributed by atoms with Crippen LogP contribution in [0.15, 0.2) is 30.3 Å². The zero-order valence-electron chi connectivity index (χ0n) is 10.6. The molecule has 0 amide bonds. The van der Waals surface area contributed by atoms with Crippen LogP contribution >= 0.6 is 0 Å². The summed E-state index contributed by atoms with van der Waals surface area (Å²) in [5.41, 5.74) is 1.10. The molecule has 1 fully saturated rings. The molecule has 5 heteroatoms. The molecule has 3 nitrogen and oxygen atoms in total. The first-order valence-corrected chi connectivity index (χ1v) is 6.41. The SMILES string of the molecule is FC(F)CO[C@H]1C[C@@H](OCc2ccccc2)CCO1. The van der Waals surface area contributed by atoms with E-state index in [0.717, 1.165) is 12.0 Å². The molecule has 0 unspecified atom stereocenters. The summed E-state index contributed by atoms with van der Waals surface area (Å²) in [5.74, 6) is 0. The highest BCUT2D eigenvalue weighted by atomic mass is 19.3. The molecule has 1 heterocycles. The van der Waals surface area contributed by atoms with Crippen LogP contribution in [0.25, 0.3) is 0 Å². The molecule has 1 saturated heterocycles. The van der Waals surface area contributed by atoms with Gasteiger partial charge in [0.2, 0.25) is 0 Å². The summed E-state index contributed by atoms with van der Waals surface area (Å²) >= 11 is 0. The molecule has 1 aromatic rings. The molecule has 106 valence electrons. The van der Waals surface area contributed by atoms with Crippen molar-refractivity contribution >= 4 is 0 Å². The maximum atomic E-state index is 12.0. The Bertz CT molecular complexity index is 359. The fraction of sp³-hybridized carbons (Fsp3) is 0.571. The fourth-order valence-corrected chi connectivity index (χ4v) is 1.97. The Balaban J connectivity index is 1.72. The van der Waals surface area contributed by atoms with Crippen LogP contribution in [-0.4, -0.2) is 32.0 Å². The van der Waals surface area contributed by atoms with E-state index in [4.69, 9.17) is 14.2 Å². The van der Waals surface area contributed by atoms with Gasteiger partial charge in [0.25, 0.3) is 6.43 Å². The maximum Gasteiger partial charge on any atom is 0.261 e. The van der Waals surface area contributed by atoms with Crippen molar-refractivity contribution in [1.82, 2.24) is 0 Å². The molecular formula is C14H18F2O3. The molecule has 1 aliphatic heterocycles. The maximum absolute atomic E-state index is 12.0. The van der Waals surface area contributed by atoms with E-state index in [1.807, 2.05) is 30.3 Å². The van der Waals surface area contributed by atoms with Crippen LogP contribution in [0.4, 0.5) is 8.78 Å². The largest absolute Gasteiger partial charge is 0.373 e. The number of benzene rings is 1. The molecule has 0 spiro atoms. The van der Waals surface area contributed by atoms with Crippen LogP contribution in [0.5, 0.6) is 0 Å². The van der Waals surface area contributed by atoms with Gasteiger partial charge in [-0.2, -0.15) is 0 Å². The Labute approximate surface area is 111 Å². The van der Waals surface area contributed by atoms with E-state index in [9.17, 15) is 8.78 Å². The predicted octanol–water partition coefficient (Wildman–Crippen LogP) is 2.99. The highest BCUT2D eigenvalue weighted by molar-refractivity contribution is 5.13. The molecule has 0 saturated carbocycles. The van der Waals surface area contributed by atoms with E-state index in [1.54, 1.807) is 0 Å². The number of alkyl halides is 2. The van der Waals surface area contributed by atoms with Gasteiger partial charge in [-0.3, -0.25) is 0 Å². The standard InChI is InChI=1S/C14H18F2O3/c15-13(16)10-19-14-8-12(6-7-17-14)18-9-11-4-2-1-3-5-11/h1-5,12-14H,6-10H2/t12-,14-/m0/s1. The third-order valence-electron chi connectivity index (χ3n) is 2.94. The average molecular weight is 272 g/mol. The summed E-state index contributed by atoms with van der Waals surface area (Å²) in [6, 6.07) is 9.84. The van der Waals surface area contributed by atoms with Gasteiger partial charge in [0.15, 0.2) is 6.29 Å². The quantitative estimate of drug-likeness (QED) is 0.796. The number of halogens is 2. The van der Waals surface area contributed by atoms with Gasteiger partial charge in [0, 0.05) is 6.42 Å². The molecule has 0 aromatic heterocycles. The molecule has 2 atom stereocenters. The van der Waals surface area contributed by atoms with Crippen molar-refractivity contribution in [3.63, 3.8) is 0 Å². The number of ether oxygens (including phenoxy) is 3. The van der Waals surface area contributed by atoms with Gasteiger partial charge < -0.3 is 14.2 Å². The lowest BCUT2D eigenvalue weighted by molar-refractivity contribution is -0.205. The second-order valence-corrected chi connectivity index (χ2v) is 4.47. The third kappa shape index (κ3) is 5.22. The summed E-state index contributed by atoms with van der Waals surface area (Å²) in [7, 11) is 0. The van der Waals surface area contributed by atoms with Gasteiger partial charge in [0.1, 0.15) is 6.61 Å². The second-order valence-electron chi connectivity index (χ2n) is 4.47. The first kappa shape index (κ1) is 14.4. The zero-order chi connectivity index (χ0) is 13.5. The van der Waals surface area contributed by atoms with Gasteiger partial charge in [-0.1, -0.05) is 30.3 Å². The van der Waals surface area contributed by atoms with Gasteiger partial charge in [-0.05, 0) is 12.0 Å². The number of hydrogen-bond acceptors (Lipinski definition) is 3. The molecule has 2 rings (SSSR count). The van der Waals surface area contributed by atoms with E-state index in [2.05, 4.69) is 0 Å². The Kier molecular flexibility index (Phi) is 5.69.